The first-order valence-corrected chi connectivity index (χ1v) is 11.2. The van der Waals surface area contributed by atoms with Crippen LogP contribution in [0.15, 0.2) is 59.8 Å². The normalized spacial score (nSPS) is 11.4. The highest BCUT2D eigenvalue weighted by molar-refractivity contribution is 7.89. The van der Waals surface area contributed by atoms with Crippen LogP contribution in [-0.4, -0.2) is 48.4 Å². The third-order valence-corrected chi connectivity index (χ3v) is 5.74. The van der Waals surface area contributed by atoms with Gasteiger partial charge in [-0.2, -0.15) is 0 Å². The number of ether oxygens (including phenoxy) is 2. The van der Waals surface area contributed by atoms with E-state index in [9.17, 15) is 8.42 Å². The number of hydrogen-bond acceptors (Lipinski definition) is 7. The summed E-state index contributed by atoms with van der Waals surface area (Å²) in [7, 11) is -3.62. The van der Waals surface area contributed by atoms with E-state index >= 15 is 0 Å². The lowest BCUT2D eigenvalue weighted by Crippen LogP contribution is -2.28. The van der Waals surface area contributed by atoms with Gasteiger partial charge in [0.15, 0.2) is 0 Å². The molecule has 0 spiro atoms. The number of benzene rings is 2. The van der Waals surface area contributed by atoms with E-state index in [1.807, 2.05) is 24.3 Å². The molecule has 0 radical (unpaired) electrons. The molecule has 10 heteroatoms. The summed E-state index contributed by atoms with van der Waals surface area (Å²) in [5, 5.41) is 10.8. The Balaban J connectivity index is 1.46. The van der Waals surface area contributed by atoms with Crippen LogP contribution in [0.3, 0.4) is 0 Å². The predicted octanol–water partition coefficient (Wildman–Crippen LogP) is 2.06. The number of hydrogen-bond donors (Lipinski definition) is 1. The molecule has 0 atom stereocenters. The Morgan fingerprint density at radius 1 is 1.03 bits per heavy atom. The number of para-hydroxylation sites is 1. The van der Waals surface area contributed by atoms with E-state index in [0.717, 1.165) is 24.2 Å². The lowest BCUT2D eigenvalue weighted by Gasteiger charge is -2.12. The molecular formula is C20H25N5O4S. The van der Waals surface area contributed by atoms with Gasteiger partial charge in [0.25, 0.3) is 0 Å². The number of tetrazole rings is 1. The molecule has 3 aromatic rings. The van der Waals surface area contributed by atoms with E-state index in [1.54, 1.807) is 16.8 Å². The van der Waals surface area contributed by atoms with Gasteiger partial charge in [-0.25, -0.2) is 17.8 Å². The summed E-state index contributed by atoms with van der Waals surface area (Å²) in [5.74, 6) is 1.36. The number of sulfonamides is 1. The summed E-state index contributed by atoms with van der Waals surface area (Å²) in [6, 6.07) is 14.0. The molecule has 0 aliphatic rings. The van der Waals surface area contributed by atoms with Crippen molar-refractivity contribution in [3.8, 4) is 11.5 Å². The van der Waals surface area contributed by atoms with Crippen molar-refractivity contribution >= 4 is 10.0 Å². The van der Waals surface area contributed by atoms with E-state index < -0.39 is 10.0 Å². The van der Waals surface area contributed by atoms with Crippen LogP contribution in [0.25, 0.3) is 0 Å². The van der Waals surface area contributed by atoms with Crippen LogP contribution in [-0.2, 0) is 23.0 Å². The largest absolute Gasteiger partial charge is 0.492 e. The van der Waals surface area contributed by atoms with Gasteiger partial charge in [-0.1, -0.05) is 31.5 Å². The Morgan fingerprint density at radius 3 is 2.57 bits per heavy atom. The second kappa shape index (κ2) is 10.7. The summed E-state index contributed by atoms with van der Waals surface area (Å²) in [4.78, 5) is 0.168. The zero-order valence-corrected chi connectivity index (χ0v) is 17.6. The van der Waals surface area contributed by atoms with E-state index in [2.05, 4.69) is 27.2 Å². The summed E-state index contributed by atoms with van der Waals surface area (Å²) in [6.45, 7) is 3.39. The first kappa shape index (κ1) is 21.7. The Morgan fingerprint density at radius 2 is 1.83 bits per heavy atom. The minimum atomic E-state index is -3.62. The van der Waals surface area contributed by atoms with Crippen molar-refractivity contribution in [3.63, 3.8) is 0 Å². The van der Waals surface area contributed by atoms with Crippen molar-refractivity contribution in [1.29, 1.82) is 0 Å². The van der Waals surface area contributed by atoms with Crippen LogP contribution in [0.5, 0.6) is 11.5 Å². The number of rotatable bonds is 12. The third kappa shape index (κ3) is 6.26. The van der Waals surface area contributed by atoms with Crippen molar-refractivity contribution in [2.45, 2.75) is 31.2 Å². The standard InChI is InChI=1S/C20H25N5O4S/c1-2-5-17-6-3-4-7-20(17)29-14-12-22-30(26,27)19-10-8-18(9-11-19)28-15-13-25-16-21-23-24-25/h3-4,6-11,16,22H,2,5,12-15H2,1H3. The molecule has 160 valence electrons. The Bertz CT molecular complexity index is 1010. The summed E-state index contributed by atoms with van der Waals surface area (Å²) >= 11 is 0. The lowest BCUT2D eigenvalue weighted by atomic mass is 10.1. The van der Waals surface area contributed by atoms with Gasteiger partial charge in [-0.05, 0) is 52.7 Å². The van der Waals surface area contributed by atoms with Crippen LogP contribution in [0, 0.1) is 0 Å². The first-order chi connectivity index (χ1) is 14.6. The van der Waals surface area contributed by atoms with Gasteiger partial charge in [-0.3, -0.25) is 0 Å². The average Bonchev–Trinajstić information content (AvgIpc) is 3.26. The topological polar surface area (TPSA) is 108 Å². The predicted molar refractivity (Wildman–Crippen MR) is 111 cm³/mol. The number of aromatic nitrogens is 4. The van der Waals surface area contributed by atoms with Crippen molar-refractivity contribution in [1.82, 2.24) is 24.9 Å². The Labute approximate surface area is 176 Å². The molecule has 1 aromatic heterocycles. The van der Waals surface area contributed by atoms with Gasteiger partial charge in [-0.15, -0.1) is 5.10 Å². The molecule has 0 amide bonds. The van der Waals surface area contributed by atoms with Gasteiger partial charge in [0.1, 0.15) is 31.0 Å². The highest BCUT2D eigenvalue weighted by Crippen LogP contribution is 2.19. The van der Waals surface area contributed by atoms with E-state index in [4.69, 9.17) is 9.47 Å². The zero-order chi connectivity index (χ0) is 21.2. The molecule has 9 nitrogen and oxygen atoms in total. The van der Waals surface area contributed by atoms with Gasteiger partial charge in [0.2, 0.25) is 10.0 Å². The fourth-order valence-corrected chi connectivity index (χ4v) is 3.81. The van der Waals surface area contributed by atoms with E-state index in [1.165, 1.54) is 18.5 Å². The van der Waals surface area contributed by atoms with Gasteiger partial charge in [0, 0.05) is 6.54 Å². The Hall–Kier alpha value is -2.98. The quantitative estimate of drug-likeness (QED) is 0.437. The maximum Gasteiger partial charge on any atom is 0.240 e. The zero-order valence-electron chi connectivity index (χ0n) is 16.8. The molecule has 0 fully saturated rings. The molecule has 0 saturated carbocycles. The number of nitrogens with zero attached hydrogens (tertiary/aromatic N) is 4. The number of aryl methyl sites for hydroxylation is 1. The van der Waals surface area contributed by atoms with Gasteiger partial charge < -0.3 is 9.47 Å². The molecular weight excluding hydrogens is 406 g/mol. The minimum absolute atomic E-state index is 0.168. The van der Waals surface area contributed by atoms with Crippen LogP contribution in [0.2, 0.25) is 0 Å². The number of nitrogens with one attached hydrogen (secondary N) is 1. The summed E-state index contributed by atoms with van der Waals surface area (Å²) in [5.41, 5.74) is 1.12. The molecule has 0 bridgehead atoms. The molecule has 1 N–H and O–H groups in total. The van der Waals surface area contributed by atoms with Crippen LogP contribution >= 0.6 is 0 Å². The molecule has 1 heterocycles. The summed E-state index contributed by atoms with van der Waals surface area (Å²) in [6.07, 6.45) is 3.44. The Kier molecular flexibility index (Phi) is 7.75. The maximum absolute atomic E-state index is 12.5. The SMILES string of the molecule is CCCc1ccccc1OCCNS(=O)(=O)c1ccc(OCCn2cnnn2)cc1. The second-order valence-corrected chi connectivity index (χ2v) is 8.26. The van der Waals surface area contributed by atoms with Gasteiger partial charge in [0.05, 0.1) is 11.4 Å². The molecule has 2 aromatic carbocycles. The molecule has 3 rings (SSSR count). The van der Waals surface area contributed by atoms with Crippen molar-refractivity contribution in [3.05, 3.63) is 60.4 Å². The molecule has 30 heavy (non-hydrogen) atoms. The van der Waals surface area contributed by atoms with Crippen molar-refractivity contribution in [2.75, 3.05) is 19.8 Å². The molecule has 0 saturated heterocycles. The molecule has 0 aliphatic carbocycles. The van der Waals surface area contributed by atoms with E-state index in [0.29, 0.717) is 18.9 Å². The highest BCUT2D eigenvalue weighted by atomic mass is 32.2. The lowest BCUT2D eigenvalue weighted by molar-refractivity contribution is 0.289. The van der Waals surface area contributed by atoms with Crippen LogP contribution in [0.1, 0.15) is 18.9 Å². The van der Waals surface area contributed by atoms with Crippen molar-refractivity contribution in [2.24, 2.45) is 0 Å². The fourth-order valence-electron chi connectivity index (χ4n) is 2.80. The third-order valence-electron chi connectivity index (χ3n) is 4.26. The van der Waals surface area contributed by atoms with Crippen LogP contribution in [0.4, 0.5) is 0 Å². The fraction of sp³-hybridized carbons (Fsp3) is 0.350. The highest BCUT2D eigenvalue weighted by Gasteiger charge is 2.13. The van der Waals surface area contributed by atoms with Crippen molar-refractivity contribution < 1.29 is 17.9 Å². The van der Waals surface area contributed by atoms with Gasteiger partial charge >= 0.3 is 0 Å². The van der Waals surface area contributed by atoms with Crippen LogP contribution < -0.4 is 14.2 Å². The molecule has 0 unspecified atom stereocenters. The first-order valence-electron chi connectivity index (χ1n) is 9.72. The minimum Gasteiger partial charge on any atom is -0.492 e. The smallest absolute Gasteiger partial charge is 0.240 e. The molecule has 0 aliphatic heterocycles. The van der Waals surface area contributed by atoms with E-state index in [-0.39, 0.29) is 18.0 Å². The summed E-state index contributed by atoms with van der Waals surface area (Å²) < 4.78 is 40.4. The maximum atomic E-state index is 12.5. The second-order valence-electron chi connectivity index (χ2n) is 6.50. The average molecular weight is 432 g/mol. The monoisotopic (exact) mass is 431 g/mol.